The predicted octanol–water partition coefficient (Wildman–Crippen LogP) is 2.85. The van der Waals surface area contributed by atoms with Gasteiger partial charge < -0.3 is 4.74 Å². The van der Waals surface area contributed by atoms with Gasteiger partial charge in [0.05, 0.1) is 6.10 Å². The second-order valence-corrected chi connectivity index (χ2v) is 4.89. The lowest BCUT2D eigenvalue weighted by atomic mass is 9.82. The van der Waals surface area contributed by atoms with Crippen LogP contribution in [0.3, 0.4) is 0 Å². The van der Waals surface area contributed by atoms with E-state index in [-0.39, 0.29) is 0 Å². The van der Waals surface area contributed by atoms with E-state index in [4.69, 9.17) is 4.74 Å². The molecule has 1 fully saturated rings. The van der Waals surface area contributed by atoms with Crippen LogP contribution in [-0.4, -0.2) is 12.7 Å². The summed E-state index contributed by atoms with van der Waals surface area (Å²) in [6, 6.07) is 0. The zero-order valence-corrected chi connectivity index (χ0v) is 8.18. The number of hydrogen-bond acceptors (Lipinski definition) is 1. The Bertz CT molecular complexity index is 123. The van der Waals surface area contributed by atoms with Crippen LogP contribution < -0.4 is 0 Å². The van der Waals surface area contributed by atoms with Gasteiger partial charge >= 0.3 is 0 Å². The highest BCUT2D eigenvalue weighted by Crippen LogP contribution is 2.32. The van der Waals surface area contributed by atoms with Gasteiger partial charge in [-0.2, -0.15) is 0 Å². The summed E-state index contributed by atoms with van der Waals surface area (Å²) in [7, 11) is 0. The molecule has 1 aliphatic rings. The standard InChI is InChI=1S/C10H20O/c1-8-9(5-6-11-8)7-10(2,3)4/h8-9H,5-7H2,1-4H3/t8-,9-/m1/s1. The second kappa shape index (κ2) is 3.14. The first kappa shape index (κ1) is 9.05. The Morgan fingerprint density at radius 3 is 2.36 bits per heavy atom. The third kappa shape index (κ3) is 2.82. The Kier molecular flexibility index (Phi) is 2.58. The highest BCUT2D eigenvalue weighted by atomic mass is 16.5. The molecule has 0 spiro atoms. The molecule has 2 atom stereocenters. The average molecular weight is 156 g/mol. The Balaban J connectivity index is 2.37. The Hall–Kier alpha value is -0.0400. The minimum atomic E-state index is 0.465. The number of rotatable bonds is 1. The monoisotopic (exact) mass is 156 g/mol. The largest absolute Gasteiger partial charge is 0.378 e. The molecule has 0 aromatic rings. The minimum Gasteiger partial charge on any atom is -0.378 e. The summed E-state index contributed by atoms with van der Waals surface area (Å²) >= 11 is 0. The fraction of sp³-hybridized carbons (Fsp3) is 1.00. The Labute approximate surface area is 70.1 Å². The zero-order chi connectivity index (χ0) is 8.48. The molecule has 1 nitrogen and oxygen atoms in total. The molecule has 1 aliphatic heterocycles. The van der Waals surface area contributed by atoms with Crippen LogP contribution in [-0.2, 0) is 4.74 Å². The lowest BCUT2D eigenvalue weighted by Gasteiger charge is -2.24. The summed E-state index contributed by atoms with van der Waals surface area (Å²) < 4.78 is 5.51. The molecular weight excluding hydrogens is 136 g/mol. The van der Waals surface area contributed by atoms with Gasteiger partial charge in [-0.3, -0.25) is 0 Å². The van der Waals surface area contributed by atoms with Crippen LogP contribution in [0.5, 0.6) is 0 Å². The maximum absolute atomic E-state index is 5.51. The van der Waals surface area contributed by atoms with Crippen LogP contribution in [0.2, 0.25) is 0 Å². The van der Waals surface area contributed by atoms with Gasteiger partial charge in [0.25, 0.3) is 0 Å². The molecule has 11 heavy (non-hydrogen) atoms. The van der Waals surface area contributed by atoms with Crippen LogP contribution in [0, 0.1) is 11.3 Å². The van der Waals surface area contributed by atoms with Crippen LogP contribution in [0.15, 0.2) is 0 Å². The summed E-state index contributed by atoms with van der Waals surface area (Å²) in [6.45, 7) is 10.1. The SMILES string of the molecule is C[C@H]1OCC[C@@H]1CC(C)(C)C. The van der Waals surface area contributed by atoms with Crippen LogP contribution in [0.25, 0.3) is 0 Å². The van der Waals surface area contributed by atoms with Crippen molar-refractivity contribution < 1.29 is 4.74 Å². The molecule has 66 valence electrons. The molecule has 0 radical (unpaired) electrons. The predicted molar refractivity (Wildman–Crippen MR) is 47.6 cm³/mol. The fourth-order valence-corrected chi connectivity index (χ4v) is 1.83. The van der Waals surface area contributed by atoms with Crippen LogP contribution in [0.1, 0.15) is 40.5 Å². The van der Waals surface area contributed by atoms with Crippen LogP contribution in [0.4, 0.5) is 0 Å². The second-order valence-electron chi connectivity index (χ2n) is 4.89. The number of ether oxygens (including phenoxy) is 1. The highest BCUT2D eigenvalue weighted by Gasteiger charge is 2.28. The van der Waals surface area contributed by atoms with E-state index in [1.807, 2.05) is 0 Å². The molecule has 0 bridgehead atoms. The molecule has 0 unspecified atom stereocenters. The third-order valence-corrected chi connectivity index (χ3v) is 2.41. The first-order valence-electron chi connectivity index (χ1n) is 4.61. The Morgan fingerprint density at radius 2 is 2.00 bits per heavy atom. The van der Waals surface area contributed by atoms with E-state index in [2.05, 4.69) is 27.7 Å². The molecule has 1 heterocycles. The normalized spacial score (nSPS) is 32.7. The third-order valence-electron chi connectivity index (χ3n) is 2.41. The molecule has 0 aromatic carbocycles. The van der Waals surface area contributed by atoms with Crippen molar-refractivity contribution in [3.05, 3.63) is 0 Å². The van der Waals surface area contributed by atoms with E-state index in [9.17, 15) is 0 Å². The first-order valence-corrected chi connectivity index (χ1v) is 4.61. The molecule has 0 amide bonds. The summed E-state index contributed by atoms with van der Waals surface area (Å²) in [5.74, 6) is 0.801. The van der Waals surface area contributed by atoms with Crippen molar-refractivity contribution in [1.82, 2.24) is 0 Å². The summed E-state index contributed by atoms with van der Waals surface area (Å²) in [5, 5.41) is 0. The lowest BCUT2D eigenvalue weighted by Crippen LogP contribution is -2.18. The quantitative estimate of drug-likeness (QED) is 0.567. The lowest BCUT2D eigenvalue weighted by molar-refractivity contribution is 0.0941. The van der Waals surface area contributed by atoms with Gasteiger partial charge in [0.1, 0.15) is 0 Å². The van der Waals surface area contributed by atoms with E-state index in [1.54, 1.807) is 0 Å². The van der Waals surface area contributed by atoms with Crippen molar-refractivity contribution in [1.29, 1.82) is 0 Å². The molecule has 1 rings (SSSR count). The van der Waals surface area contributed by atoms with Gasteiger partial charge in [-0.15, -0.1) is 0 Å². The minimum absolute atomic E-state index is 0.465. The summed E-state index contributed by atoms with van der Waals surface area (Å²) in [6.07, 6.45) is 3.06. The summed E-state index contributed by atoms with van der Waals surface area (Å²) in [5.41, 5.74) is 0.465. The molecule has 1 heteroatoms. The first-order chi connectivity index (χ1) is 4.99. The van der Waals surface area contributed by atoms with Gasteiger partial charge in [-0.25, -0.2) is 0 Å². The maximum Gasteiger partial charge on any atom is 0.0576 e. The molecular formula is C10H20O. The maximum atomic E-state index is 5.51. The highest BCUT2D eigenvalue weighted by molar-refractivity contribution is 4.77. The van der Waals surface area contributed by atoms with Gasteiger partial charge in [0.2, 0.25) is 0 Å². The van der Waals surface area contributed by atoms with Gasteiger partial charge in [-0.05, 0) is 31.1 Å². The summed E-state index contributed by atoms with van der Waals surface area (Å²) in [4.78, 5) is 0. The molecule has 0 saturated carbocycles. The fourth-order valence-electron chi connectivity index (χ4n) is 1.83. The smallest absolute Gasteiger partial charge is 0.0576 e. The average Bonchev–Trinajstić information content (AvgIpc) is 2.12. The zero-order valence-electron chi connectivity index (χ0n) is 8.18. The molecule has 0 N–H and O–H groups in total. The van der Waals surface area contributed by atoms with Gasteiger partial charge in [-0.1, -0.05) is 20.8 Å². The van der Waals surface area contributed by atoms with Crippen molar-refractivity contribution in [2.75, 3.05) is 6.61 Å². The van der Waals surface area contributed by atoms with Crippen molar-refractivity contribution in [3.63, 3.8) is 0 Å². The van der Waals surface area contributed by atoms with Crippen molar-refractivity contribution in [3.8, 4) is 0 Å². The van der Waals surface area contributed by atoms with Gasteiger partial charge in [0.15, 0.2) is 0 Å². The Morgan fingerprint density at radius 1 is 1.36 bits per heavy atom. The van der Waals surface area contributed by atoms with Crippen molar-refractivity contribution in [2.45, 2.75) is 46.6 Å². The van der Waals surface area contributed by atoms with Crippen molar-refractivity contribution in [2.24, 2.45) is 11.3 Å². The number of hydrogen-bond donors (Lipinski definition) is 0. The van der Waals surface area contributed by atoms with Gasteiger partial charge in [0, 0.05) is 6.61 Å². The van der Waals surface area contributed by atoms with E-state index in [0.29, 0.717) is 11.5 Å². The van der Waals surface area contributed by atoms with Crippen LogP contribution >= 0.6 is 0 Å². The molecule has 0 aromatic heterocycles. The molecule has 1 saturated heterocycles. The van der Waals surface area contributed by atoms with E-state index in [0.717, 1.165) is 12.5 Å². The van der Waals surface area contributed by atoms with E-state index >= 15 is 0 Å². The molecule has 0 aliphatic carbocycles. The van der Waals surface area contributed by atoms with E-state index in [1.165, 1.54) is 12.8 Å². The van der Waals surface area contributed by atoms with Crippen molar-refractivity contribution >= 4 is 0 Å². The van der Waals surface area contributed by atoms with E-state index < -0.39 is 0 Å². The topological polar surface area (TPSA) is 9.23 Å².